The normalized spacial score (nSPS) is 16.2. The van der Waals surface area contributed by atoms with Gasteiger partial charge in [-0.15, -0.1) is 0 Å². The molecule has 5 unspecified atom stereocenters. The van der Waals surface area contributed by atoms with Gasteiger partial charge in [0.1, 0.15) is 31.8 Å². The van der Waals surface area contributed by atoms with Crippen molar-refractivity contribution in [2.24, 2.45) is 11.5 Å². The number of carbonyl (C=O) groups is 7. The molecule has 0 radical (unpaired) electrons. The van der Waals surface area contributed by atoms with Gasteiger partial charge in [0.15, 0.2) is 17.1 Å². The Balaban J connectivity index is 1.33. The number of esters is 1. The van der Waals surface area contributed by atoms with E-state index >= 15 is 0 Å². The van der Waals surface area contributed by atoms with E-state index in [1.165, 1.54) is 6.07 Å². The number of benzene rings is 2. The van der Waals surface area contributed by atoms with Crippen LogP contribution in [-0.2, 0) is 43.0 Å². The molecule has 0 aliphatic carbocycles. The van der Waals surface area contributed by atoms with Gasteiger partial charge in [-0.25, -0.2) is 0 Å². The van der Waals surface area contributed by atoms with Crippen LogP contribution in [0, 0.1) is 0 Å². The molecule has 11 N–H and O–H groups in total. The van der Waals surface area contributed by atoms with E-state index in [2.05, 4.69) is 15.6 Å². The van der Waals surface area contributed by atoms with Crippen molar-refractivity contribution >= 4 is 64.3 Å². The van der Waals surface area contributed by atoms with Gasteiger partial charge in [-0.3, -0.25) is 50.1 Å². The highest BCUT2D eigenvalue weighted by Crippen LogP contribution is 2.28. The van der Waals surface area contributed by atoms with Crippen LogP contribution in [0.25, 0.3) is 22.1 Å². The fraction of sp³-hybridized carbons (Fsp3) is 0.410. The smallest absolute Gasteiger partial charge is 0.338 e. The van der Waals surface area contributed by atoms with Crippen LogP contribution in [0.15, 0.2) is 63.8 Å². The van der Waals surface area contributed by atoms with Crippen LogP contribution in [0.4, 0.5) is 5.88 Å². The number of guanidine groups is 1. The second-order valence-electron chi connectivity index (χ2n) is 13.9. The Labute approximate surface area is 347 Å². The van der Waals surface area contributed by atoms with E-state index in [0.717, 1.165) is 16.0 Å². The van der Waals surface area contributed by atoms with Gasteiger partial charge < -0.3 is 60.1 Å². The number of nitrogens with two attached hydrogens (primary N) is 2. The number of aliphatic hydroxyl groups is 1. The van der Waals surface area contributed by atoms with E-state index in [1.807, 2.05) is 47.0 Å². The lowest BCUT2D eigenvalue weighted by Crippen LogP contribution is -3.14. The van der Waals surface area contributed by atoms with Crippen molar-refractivity contribution in [3.63, 3.8) is 0 Å². The Morgan fingerprint density at radius 1 is 0.918 bits per heavy atom. The molecule has 0 spiro atoms. The minimum atomic E-state index is -1.90. The van der Waals surface area contributed by atoms with Gasteiger partial charge in [0.2, 0.25) is 23.6 Å². The molecule has 1 aliphatic heterocycles. The molecule has 3 aromatic rings. The number of fused-ring (bicyclic) bond motifs is 1. The van der Waals surface area contributed by atoms with E-state index in [1.54, 1.807) is 12.1 Å². The lowest BCUT2D eigenvalue weighted by atomic mass is 10.0. The monoisotopic (exact) mass is 852 g/mol. The van der Waals surface area contributed by atoms with Gasteiger partial charge in [0.05, 0.1) is 56.2 Å². The number of carboxylic acid groups (broad SMARTS) is 2. The molecule has 4 amide bonds. The van der Waals surface area contributed by atoms with Crippen molar-refractivity contribution in [2.45, 2.75) is 56.3 Å². The zero-order valence-electron chi connectivity index (χ0n) is 32.9. The predicted octanol–water partition coefficient (Wildman–Crippen LogP) is -7.71. The molecule has 328 valence electrons. The number of quaternary nitrogens is 1. The van der Waals surface area contributed by atoms with Gasteiger partial charge in [-0.2, -0.15) is 0 Å². The van der Waals surface area contributed by atoms with Crippen molar-refractivity contribution in [1.29, 1.82) is 0 Å². The molecular weight excluding hydrogens is 804 g/mol. The number of morpholine rings is 1. The Hall–Kier alpha value is -6.91. The second-order valence-corrected chi connectivity index (χ2v) is 13.9. The van der Waals surface area contributed by atoms with Crippen LogP contribution in [-0.4, -0.2) is 123 Å². The Bertz CT molecular complexity index is 2140. The summed E-state index contributed by atoms with van der Waals surface area (Å²) in [7, 11) is 0. The fourth-order valence-corrected chi connectivity index (χ4v) is 6.28. The summed E-state index contributed by atoms with van der Waals surface area (Å²) in [5.41, 5.74) is 12.6. The summed E-state index contributed by atoms with van der Waals surface area (Å²) < 4.78 is 17.5. The number of para-hydroxylation sites is 1. The highest BCUT2D eigenvalue weighted by molar-refractivity contribution is 5.95. The first-order valence-corrected chi connectivity index (χ1v) is 19.2. The summed E-state index contributed by atoms with van der Waals surface area (Å²) in [5, 5.41) is 40.3. The summed E-state index contributed by atoms with van der Waals surface area (Å²) in [6.45, 7) is -0.903. The van der Waals surface area contributed by atoms with E-state index < -0.39 is 91.7 Å². The maximum atomic E-state index is 13.2. The third kappa shape index (κ3) is 14.4. The van der Waals surface area contributed by atoms with Gasteiger partial charge in [-0.05, 0) is 24.5 Å². The predicted molar refractivity (Wildman–Crippen MR) is 207 cm³/mol. The zero-order chi connectivity index (χ0) is 44.5. The molecule has 0 bridgehead atoms. The summed E-state index contributed by atoms with van der Waals surface area (Å²) in [5.74, 6) is -8.10. The van der Waals surface area contributed by atoms with Crippen LogP contribution < -0.4 is 58.3 Å². The van der Waals surface area contributed by atoms with Crippen LogP contribution in [0.2, 0.25) is 0 Å². The number of aliphatic hydroxyl groups excluding tert-OH is 1. The molecule has 61 heavy (non-hydrogen) atoms. The lowest BCUT2D eigenvalue weighted by Gasteiger charge is -2.30. The molecule has 1 saturated heterocycles. The summed E-state index contributed by atoms with van der Waals surface area (Å²) in [6.07, 6.45) is -1.64. The van der Waals surface area contributed by atoms with Crippen molar-refractivity contribution in [3.8, 4) is 11.1 Å². The lowest BCUT2D eigenvalue weighted by molar-refractivity contribution is -0.878. The van der Waals surface area contributed by atoms with Gasteiger partial charge in [-0.1, -0.05) is 42.5 Å². The Morgan fingerprint density at radius 2 is 1.66 bits per heavy atom. The molecule has 4 rings (SSSR count). The van der Waals surface area contributed by atoms with E-state index in [4.69, 9.17) is 30.5 Å². The highest BCUT2D eigenvalue weighted by atomic mass is 16.5. The molecule has 2 heterocycles. The number of hydrogen-bond acceptors (Lipinski definition) is 14. The first-order valence-electron chi connectivity index (χ1n) is 19.2. The molecule has 1 fully saturated rings. The van der Waals surface area contributed by atoms with Crippen LogP contribution in [0.5, 0.6) is 0 Å². The molecule has 22 heteroatoms. The molecule has 1 aliphatic rings. The fourth-order valence-electron chi connectivity index (χ4n) is 6.28. The topological polar surface area (TPSA) is 353 Å². The number of ether oxygens (including phenoxy) is 2. The van der Waals surface area contributed by atoms with Crippen molar-refractivity contribution in [1.82, 2.24) is 21.3 Å². The van der Waals surface area contributed by atoms with Crippen LogP contribution >= 0.6 is 0 Å². The van der Waals surface area contributed by atoms with E-state index in [0.29, 0.717) is 30.0 Å². The van der Waals surface area contributed by atoms with Crippen molar-refractivity contribution < 1.29 is 72.7 Å². The van der Waals surface area contributed by atoms with Crippen molar-refractivity contribution in [2.75, 3.05) is 46.1 Å². The molecular formula is C39H48N8O14. The Kier molecular flexibility index (Phi) is 17.7. The Morgan fingerprint density at radius 3 is 2.34 bits per heavy atom. The van der Waals surface area contributed by atoms with Crippen molar-refractivity contribution in [3.05, 3.63) is 64.8 Å². The van der Waals surface area contributed by atoms with Crippen LogP contribution in [0.1, 0.15) is 32.1 Å². The summed E-state index contributed by atoms with van der Waals surface area (Å²) >= 11 is 0. The third-order valence-corrected chi connectivity index (χ3v) is 9.36. The average molecular weight is 853 g/mol. The van der Waals surface area contributed by atoms with Gasteiger partial charge >= 0.3 is 11.9 Å². The number of hydrogen-bond donors (Lipinski definition) is 9. The van der Waals surface area contributed by atoms with E-state index in [-0.39, 0.29) is 50.4 Å². The molecule has 22 nitrogen and oxygen atoms in total. The molecule has 5 atom stereocenters. The largest absolute Gasteiger partial charge is 0.550 e. The number of nitrogens with one attached hydrogen (secondary N) is 6. The highest BCUT2D eigenvalue weighted by Gasteiger charge is 2.33. The number of rotatable bonds is 22. The maximum Gasteiger partial charge on any atom is 0.338 e. The third-order valence-electron chi connectivity index (χ3n) is 9.36. The minimum absolute atomic E-state index is 0.0105. The quantitative estimate of drug-likeness (QED) is 0.0196. The molecule has 1 aromatic heterocycles. The number of carboxylic acids is 2. The minimum Gasteiger partial charge on any atom is -0.550 e. The van der Waals surface area contributed by atoms with Gasteiger partial charge in [0, 0.05) is 24.4 Å². The first kappa shape index (κ1) is 46.8. The van der Waals surface area contributed by atoms with E-state index in [9.17, 15) is 48.6 Å². The summed E-state index contributed by atoms with van der Waals surface area (Å²) in [4.78, 5) is 103. The number of aliphatic carboxylic acids is 2. The maximum absolute atomic E-state index is 13.2. The SMILES string of the molecule is NC(N)=[NH+]CCCC(NC(=O)CCC(=O)OCC1COCC[NH+]1c1cc(=O)c2cccc(-c3ccccc3)c2o1)C(=O)NCC(=O)NC(CC(=O)[O-])C(=O)NC(CO)C(=O)[O-]. The van der Waals surface area contributed by atoms with Crippen LogP contribution in [0.3, 0.4) is 0 Å². The second kappa shape index (κ2) is 23.0. The number of carbonyl (C=O) groups excluding carboxylic acids is 7. The number of amides is 4. The average Bonchev–Trinajstić information content (AvgIpc) is 3.23. The standard InChI is InChI=1S/C39H48N8O14/c40-39(41)42-13-5-10-26(36(55)43-18-31(51)45-27(16-33(52)53)37(56)46-28(19-48)38(57)58)44-30(50)11-12-34(54)60-21-23-20-59-15-14-47(23)32-17-29(49)25-9-4-8-24(35(25)61-32)22-6-2-1-3-7-22/h1-4,6-9,17,23,26-28,48H,5,10-16,18-21H2,(H,43,55)(H,44,50)(H,45,51)(H,46,56)(H,52,53)(H,57,58)(H4,40,41,42). The van der Waals surface area contributed by atoms with Gasteiger partial charge in [0.25, 0.3) is 5.88 Å². The molecule has 0 saturated carbocycles. The zero-order valence-corrected chi connectivity index (χ0v) is 32.9. The first-order chi connectivity index (χ1) is 29.2. The summed E-state index contributed by atoms with van der Waals surface area (Å²) in [6, 6.07) is 10.7. The molecule has 2 aromatic carbocycles.